The molecular formula is C28H24F2N2O5. The molecule has 190 valence electrons. The zero-order valence-electron chi connectivity index (χ0n) is 20.0. The molecule has 37 heavy (non-hydrogen) atoms. The smallest absolute Gasteiger partial charge is 0.304 e. The number of aromatic nitrogens is 2. The van der Waals surface area contributed by atoms with Gasteiger partial charge in [-0.25, -0.2) is 8.78 Å². The van der Waals surface area contributed by atoms with Crippen molar-refractivity contribution < 1.29 is 32.9 Å². The molecule has 0 unspecified atom stereocenters. The molecule has 2 aliphatic heterocycles. The zero-order chi connectivity index (χ0) is 25.7. The van der Waals surface area contributed by atoms with Crippen molar-refractivity contribution in [3.05, 3.63) is 76.9 Å². The maximum Gasteiger partial charge on any atom is 0.304 e. The third-order valence-corrected chi connectivity index (χ3v) is 6.92. The summed E-state index contributed by atoms with van der Waals surface area (Å²) in [7, 11) is 0. The second-order valence-corrected chi connectivity index (χ2v) is 9.30. The van der Waals surface area contributed by atoms with E-state index in [9.17, 15) is 13.6 Å². The van der Waals surface area contributed by atoms with Gasteiger partial charge in [-0.3, -0.25) is 9.36 Å². The number of imidazole rings is 1. The van der Waals surface area contributed by atoms with Crippen LogP contribution in [0.5, 0.6) is 17.5 Å². The Labute approximate surface area is 211 Å². The summed E-state index contributed by atoms with van der Waals surface area (Å²) in [5.41, 5.74) is 3.83. The van der Waals surface area contributed by atoms with Crippen LogP contribution in [0.3, 0.4) is 0 Å². The van der Waals surface area contributed by atoms with E-state index in [1.807, 2.05) is 36.4 Å². The molecule has 0 saturated carbocycles. The van der Waals surface area contributed by atoms with Gasteiger partial charge >= 0.3 is 12.0 Å². The van der Waals surface area contributed by atoms with Crippen molar-refractivity contribution >= 4 is 17.0 Å². The van der Waals surface area contributed by atoms with Crippen molar-refractivity contribution in [1.82, 2.24) is 9.55 Å². The molecule has 4 aromatic rings. The standard InChI is InChI=1S/C28H24F2N2O5/c1-2-35-28-31-26-21(30)11-18(29)12-23(26)32(28)22-5-3-4-20-16(14-37-27(20)22)8-15-6-7-19-17(10-25(33)34)13-36-24(19)9-15/h3-7,9,11-12,16-17H,2,8,10,13-14H2,1H3,(H,33,34)/t16-,17-/m1/s1. The highest BCUT2D eigenvalue weighted by Crippen LogP contribution is 2.44. The Morgan fingerprint density at radius 1 is 1.11 bits per heavy atom. The molecule has 1 aromatic heterocycles. The van der Waals surface area contributed by atoms with E-state index in [0.717, 1.165) is 28.5 Å². The van der Waals surface area contributed by atoms with Crippen LogP contribution in [0.25, 0.3) is 16.7 Å². The first-order valence-corrected chi connectivity index (χ1v) is 12.2. The number of hydrogen-bond acceptors (Lipinski definition) is 5. The van der Waals surface area contributed by atoms with Crippen molar-refractivity contribution in [3.63, 3.8) is 0 Å². The van der Waals surface area contributed by atoms with Crippen molar-refractivity contribution in [1.29, 1.82) is 0 Å². The molecule has 7 nitrogen and oxygen atoms in total. The Morgan fingerprint density at radius 3 is 2.76 bits per heavy atom. The minimum Gasteiger partial charge on any atom is -0.493 e. The van der Waals surface area contributed by atoms with Crippen LogP contribution in [0.1, 0.15) is 41.9 Å². The Bertz CT molecular complexity index is 1530. The topological polar surface area (TPSA) is 82.8 Å². The van der Waals surface area contributed by atoms with Gasteiger partial charge < -0.3 is 19.3 Å². The summed E-state index contributed by atoms with van der Waals surface area (Å²) in [6.07, 6.45) is 0.725. The van der Waals surface area contributed by atoms with E-state index in [-0.39, 0.29) is 35.3 Å². The van der Waals surface area contributed by atoms with Gasteiger partial charge in [0.25, 0.3) is 0 Å². The van der Waals surface area contributed by atoms with Crippen LogP contribution in [0.4, 0.5) is 8.78 Å². The molecular weight excluding hydrogens is 482 g/mol. The number of carboxylic acid groups (broad SMARTS) is 1. The fourth-order valence-electron chi connectivity index (χ4n) is 5.29. The molecule has 0 amide bonds. The highest BCUT2D eigenvalue weighted by Gasteiger charge is 2.31. The van der Waals surface area contributed by atoms with Gasteiger partial charge in [0.05, 0.1) is 37.4 Å². The number of benzene rings is 3. The number of fused-ring (bicyclic) bond motifs is 3. The van der Waals surface area contributed by atoms with Crippen molar-refractivity contribution in [2.75, 3.05) is 19.8 Å². The molecule has 6 rings (SSSR count). The van der Waals surface area contributed by atoms with Crippen molar-refractivity contribution in [3.8, 4) is 23.2 Å². The molecule has 9 heteroatoms. The molecule has 0 radical (unpaired) electrons. The van der Waals surface area contributed by atoms with Gasteiger partial charge in [0.2, 0.25) is 0 Å². The molecule has 3 heterocycles. The molecule has 0 aliphatic carbocycles. The van der Waals surface area contributed by atoms with Crippen LogP contribution in [0.2, 0.25) is 0 Å². The second kappa shape index (κ2) is 9.06. The second-order valence-electron chi connectivity index (χ2n) is 9.30. The Kier molecular flexibility index (Phi) is 5.70. The lowest BCUT2D eigenvalue weighted by Crippen LogP contribution is -2.07. The first kappa shape index (κ1) is 23.3. The first-order chi connectivity index (χ1) is 17.9. The van der Waals surface area contributed by atoms with Crippen LogP contribution in [0, 0.1) is 11.6 Å². The average molecular weight is 507 g/mol. The molecule has 0 fully saturated rings. The average Bonchev–Trinajstić information content (AvgIpc) is 3.55. The van der Waals surface area contributed by atoms with Crippen molar-refractivity contribution in [2.45, 2.75) is 31.6 Å². The lowest BCUT2D eigenvalue weighted by molar-refractivity contribution is -0.137. The van der Waals surface area contributed by atoms with E-state index in [2.05, 4.69) is 4.98 Å². The number of halogens is 2. The third-order valence-electron chi connectivity index (χ3n) is 6.92. The summed E-state index contributed by atoms with van der Waals surface area (Å²) in [4.78, 5) is 15.4. The van der Waals surface area contributed by atoms with E-state index in [1.54, 1.807) is 11.5 Å². The molecule has 0 saturated heterocycles. The number of hydrogen-bond donors (Lipinski definition) is 1. The predicted octanol–water partition coefficient (Wildman–Crippen LogP) is 5.37. The van der Waals surface area contributed by atoms with Crippen LogP contribution >= 0.6 is 0 Å². The molecule has 0 spiro atoms. The highest BCUT2D eigenvalue weighted by molar-refractivity contribution is 5.81. The lowest BCUT2D eigenvalue weighted by atomic mass is 9.91. The number of ether oxygens (including phenoxy) is 3. The molecule has 0 bridgehead atoms. The van der Waals surface area contributed by atoms with Gasteiger partial charge in [-0.15, -0.1) is 0 Å². The van der Waals surface area contributed by atoms with E-state index in [4.69, 9.17) is 19.3 Å². The Balaban J connectivity index is 1.34. The number of nitrogens with zero attached hydrogens (tertiary/aromatic N) is 2. The van der Waals surface area contributed by atoms with E-state index >= 15 is 0 Å². The van der Waals surface area contributed by atoms with Gasteiger partial charge in [-0.1, -0.05) is 24.3 Å². The van der Waals surface area contributed by atoms with Gasteiger partial charge in [0, 0.05) is 35.1 Å². The van der Waals surface area contributed by atoms with Crippen LogP contribution < -0.4 is 14.2 Å². The predicted molar refractivity (Wildman–Crippen MR) is 131 cm³/mol. The van der Waals surface area contributed by atoms with Gasteiger partial charge in [0.15, 0.2) is 5.82 Å². The van der Waals surface area contributed by atoms with Gasteiger partial charge in [-0.2, -0.15) is 4.98 Å². The summed E-state index contributed by atoms with van der Waals surface area (Å²) in [5.74, 6) is -1.05. The van der Waals surface area contributed by atoms with Gasteiger partial charge in [0.1, 0.15) is 22.8 Å². The molecule has 2 aliphatic rings. The highest BCUT2D eigenvalue weighted by atomic mass is 19.1. The zero-order valence-corrected chi connectivity index (χ0v) is 20.0. The largest absolute Gasteiger partial charge is 0.493 e. The SMILES string of the molecule is CCOc1nc2c(F)cc(F)cc2n1-c1cccc2c1OC[C@H]2Cc1ccc2c(c1)OC[C@H]2CC(=O)O. The number of para-hydroxylation sites is 1. The summed E-state index contributed by atoms with van der Waals surface area (Å²) in [6.45, 7) is 2.91. The number of rotatable bonds is 7. The van der Waals surface area contributed by atoms with Crippen LogP contribution in [0.15, 0.2) is 48.5 Å². The van der Waals surface area contributed by atoms with E-state index in [0.29, 0.717) is 37.7 Å². The minimum absolute atomic E-state index is 0.0244. The number of aliphatic carboxylic acids is 1. The third kappa shape index (κ3) is 4.04. The fourth-order valence-corrected chi connectivity index (χ4v) is 5.29. The maximum absolute atomic E-state index is 14.5. The molecule has 2 atom stereocenters. The molecule has 3 aromatic carbocycles. The number of carboxylic acids is 1. The van der Waals surface area contributed by atoms with E-state index in [1.165, 1.54) is 6.07 Å². The number of carbonyl (C=O) groups is 1. The summed E-state index contributed by atoms with van der Waals surface area (Å²) < 4.78 is 47.9. The fraction of sp³-hybridized carbons (Fsp3) is 0.286. The minimum atomic E-state index is -0.843. The van der Waals surface area contributed by atoms with Crippen molar-refractivity contribution in [2.24, 2.45) is 0 Å². The van der Waals surface area contributed by atoms with Crippen LogP contribution in [-0.4, -0.2) is 40.4 Å². The quantitative estimate of drug-likeness (QED) is 0.363. The van der Waals surface area contributed by atoms with Crippen LogP contribution in [-0.2, 0) is 11.2 Å². The maximum atomic E-state index is 14.5. The summed E-state index contributed by atoms with van der Waals surface area (Å²) in [6, 6.07) is 13.8. The summed E-state index contributed by atoms with van der Waals surface area (Å²) in [5, 5.41) is 9.14. The lowest BCUT2D eigenvalue weighted by Gasteiger charge is -2.14. The molecule has 1 N–H and O–H groups in total. The van der Waals surface area contributed by atoms with Gasteiger partial charge in [-0.05, 0) is 31.0 Å². The monoisotopic (exact) mass is 506 g/mol. The normalized spacial score (nSPS) is 17.8. The van der Waals surface area contributed by atoms with E-state index < -0.39 is 17.6 Å². The summed E-state index contributed by atoms with van der Waals surface area (Å²) >= 11 is 0. The Hall–Kier alpha value is -4.14. The first-order valence-electron chi connectivity index (χ1n) is 12.2. The Morgan fingerprint density at radius 2 is 1.95 bits per heavy atom.